The minimum absolute atomic E-state index is 0.107. The molecular weight excluding hydrogens is 587 g/mol. The highest BCUT2D eigenvalue weighted by Gasteiger charge is 2.44. The molecule has 0 N–H and O–H groups in total. The minimum atomic E-state index is -3.51. The number of benzene rings is 3. The molecule has 232 valence electrons. The van der Waals surface area contributed by atoms with Gasteiger partial charge in [-0.3, -0.25) is 0 Å². The van der Waals surface area contributed by atoms with Gasteiger partial charge in [0.25, 0.3) is 0 Å². The van der Waals surface area contributed by atoms with E-state index in [9.17, 15) is 13.2 Å². The monoisotopic (exact) mass is 622 g/mol. The van der Waals surface area contributed by atoms with E-state index in [0.717, 1.165) is 31.4 Å². The van der Waals surface area contributed by atoms with Crippen molar-refractivity contribution in [3.63, 3.8) is 0 Å². The maximum Gasteiger partial charge on any atom is 0.400 e. The van der Waals surface area contributed by atoms with Crippen LogP contribution in [0, 0.1) is 29.3 Å². The molecular formula is C34H36ClF5O3. The van der Waals surface area contributed by atoms with E-state index >= 15 is 8.78 Å². The van der Waals surface area contributed by atoms with Gasteiger partial charge < -0.3 is 14.2 Å². The topological polar surface area (TPSA) is 27.7 Å². The SMILES string of the molecule is CCCCCC1COC(c2ccc(-c3ccc(C4CCC(C(F)(F)Oc5ccc(Cl)c(F)c5)CC4)c(F)c3)c(F)c2)OC1. The highest BCUT2D eigenvalue weighted by molar-refractivity contribution is 6.30. The van der Waals surface area contributed by atoms with Gasteiger partial charge >= 0.3 is 6.11 Å². The number of alkyl halides is 2. The maximum atomic E-state index is 15.3. The van der Waals surface area contributed by atoms with Crippen LogP contribution in [0.2, 0.25) is 5.02 Å². The molecule has 3 aromatic carbocycles. The van der Waals surface area contributed by atoms with Gasteiger partial charge in [0.1, 0.15) is 23.2 Å². The van der Waals surface area contributed by atoms with Crippen LogP contribution < -0.4 is 4.74 Å². The lowest BCUT2D eigenvalue weighted by Crippen LogP contribution is -2.37. The van der Waals surface area contributed by atoms with Crippen LogP contribution in [0.15, 0.2) is 54.6 Å². The van der Waals surface area contributed by atoms with Crippen molar-refractivity contribution >= 4 is 11.6 Å². The van der Waals surface area contributed by atoms with Gasteiger partial charge in [0.05, 0.1) is 24.2 Å². The first kappa shape index (κ1) is 31.7. The van der Waals surface area contributed by atoms with E-state index in [1.807, 2.05) is 0 Å². The molecule has 0 unspecified atom stereocenters. The smallest absolute Gasteiger partial charge is 0.400 e. The third-order valence-electron chi connectivity index (χ3n) is 8.55. The first-order valence-electron chi connectivity index (χ1n) is 15.0. The van der Waals surface area contributed by atoms with Gasteiger partial charge in [0.15, 0.2) is 6.29 Å². The van der Waals surface area contributed by atoms with Crippen molar-refractivity contribution in [2.24, 2.45) is 11.8 Å². The Morgan fingerprint density at radius 3 is 2.23 bits per heavy atom. The Morgan fingerprint density at radius 2 is 1.58 bits per heavy atom. The summed E-state index contributed by atoms with van der Waals surface area (Å²) in [5, 5.41) is -0.182. The van der Waals surface area contributed by atoms with Crippen molar-refractivity contribution in [1.29, 1.82) is 0 Å². The molecule has 0 amide bonds. The molecule has 2 aliphatic rings. The van der Waals surface area contributed by atoms with Crippen LogP contribution in [0.3, 0.4) is 0 Å². The molecule has 1 saturated carbocycles. The third-order valence-corrected chi connectivity index (χ3v) is 8.85. The second-order valence-electron chi connectivity index (χ2n) is 11.6. The Labute approximate surface area is 254 Å². The van der Waals surface area contributed by atoms with E-state index in [4.69, 9.17) is 25.8 Å². The van der Waals surface area contributed by atoms with Gasteiger partial charge in [-0.1, -0.05) is 62.1 Å². The van der Waals surface area contributed by atoms with Gasteiger partial charge in [-0.15, -0.1) is 0 Å². The van der Waals surface area contributed by atoms with Crippen molar-refractivity contribution in [3.8, 4) is 16.9 Å². The van der Waals surface area contributed by atoms with Gasteiger partial charge in [0, 0.05) is 23.1 Å². The first-order valence-corrected chi connectivity index (χ1v) is 15.4. The van der Waals surface area contributed by atoms with E-state index < -0.39 is 35.8 Å². The van der Waals surface area contributed by atoms with E-state index in [0.29, 0.717) is 48.7 Å². The predicted octanol–water partition coefficient (Wildman–Crippen LogP) is 10.6. The second kappa shape index (κ2) is 14.0. The summed E-state index contributed by atoms with van der Waals surface area (Å²) < 4.78 is 90.3. The Morgan fingerprint density at radius 1 is 0.837 bits per heavy atom. The average Bonchev–Trinajstić information content (AvgIpc) is 2.99. The molecule has 3 nitrogen and oxygen atoms in total. The molecule has 1 aliphatic carbocycles. The number of ether oxygens (including phenoxy) is 3. The first-order chi connectivity index (χ1) is 20.6. The minimum Gasteiger partial charge on any atom is -0.432 e. The summed E-state index contributed by atoms with van der Waals surface area (Å²) in [6, 6.07) is 12.4. The second-order valence-corrected chi connectivity index (χ2v) is 12.0. The molecule has 0 bridgehead atoms. The Bertz CT molecular complexity index is 1380. The molecule has 3 aromatic rings. The zero-order valence-electron chi connectivity index (χ0n) is 24.1. The highest BCUT2D eigenvalue weighted by atomic mass is 35.5. The quantitative estimate of drug-likeness (QED) is 0.166. The molecule has 1 heterocycles. The van der Waals surface area contributed by atoms with Crippen LogP contribution >= 0.6 is 11.6 Å². The van der Waals surface area contributed by atoms with Gasteiger partial charge in [-0.2, -0.15) is 8.78 Å². The van der Waals surface area contributed by atoms with Crippen LogP contribution in [-0.4, -0.2) is 19.3 Å². The van der Waals surface area contributed by atoms with Crippen LogP contribution in [-0.2, 0) is 9.47 Å². The average molecular weight is 623 g/mol. The molecule has 1 aliphatic heterocycles. The molecule has 9 heteroatoms. The Kier molecular flexibility index (Phi) is 10.3. The molecule has 1 saturated heterocycles. The van der Waals surface area contributed by atoms with E-state index in [1.165, 1.54) is 24.6 Å². The van der Waals surface area contributed by atoms with Gasteiger partial charge in [0.2, 0.25) is 0 Å². The standard InChI is InChI=1S/C34H36ClF5O3/c1-2-3-4-5-21-19-41-33(42-20-21)24-9-14-28(31(37)17-24)23-8-13-27(30(36)16-23)22-6-10-25(11-7-22)34(39,40)43-26-12-15-29(35)32(38)18-26/h8-9,12-18,21-22,25,33H,2-7,10-11,19-20H2,1H3. The summed E-state index contributed by atoms with van der Waals surface area (Å²) in [4.78, 5) is 0. The van der Waals surface area contributed by atoms with Crippen LogP contribution in [0.25, 0.3) is 11.1 Å². The van der Waals surface area contributed by atoms with Crippen molar-refractivity contribution in [1.82, 2.24) is 0 Å². The fourth-order valence-corrected chi connectivity index (χ4v) is 6.16. The Hall–Kier alpha value is -2.68. The fourth-order valence-electron chi connectivity index (χ4n) is 6.04. The van der Waals surface area contributed by atoms with E-state index in [2.05, 4.69) is 6.92 Å². The zero-order valence-corrected chi connectivity index (χ0v) is 24.8. The van der Waals surface area contributed by atoms with Crippen LogP contribution in [0.5, 0.6) is 5.75 Å². The van der Waals surface area contributed by atoms with Crippen LogP contribution in [0.1, 0.15) is 81.6 Å². The lowest BCUT2D eigenvalue weighted by Gasteiger charge is -2.33. The molecule has 43 heavy (non-hydrogen) atoms. The summed E-state index contributed by atoms with van der Waals surface area (Å²) >= 11 is 5.62. The normalized spacial score (nSPS) is 22.9. The maximum absolute atomic E-state index is 15.3. The molecule has 0 aromatic heterocycles. The largest absolute Gasteiger partial charge is 0.432 e. The van der Waals surface area contributed by atoms with Crippen molar-refractivity contribution in [3.05, 3.63) is 88.2 Å². The third kappa shape index (κ3) is 7.70. The number of unbranched alkanes of at least 4 members (excludes halogenated alkanes) is 2. The van der Waals surface area contributed by atoms with Crippen molar-refractivity contribution in [2.45, 2.75) is 76.6 Å². The molecule has 5 rings (SSSR count). The van der Waals surface area contributed by atoms with E-state index in [-0.39, 0.29) is 35.1 Å². The lowest BCUT2D eigenvalue weighted by molar-refractivity contribution is -0.222. The summed E-state index contributed by atoms with van der Waals surface area (Å²) in [5.41, 5.74) is 1.63. The summed E-state index contributed by atoms with van der Waals surface area (Å²) in [6.45, 7) is 3.30. The number of hydrogen-bond donors (Lipinski definition) is 0. The van der Waals surface area contributed by atoms with Crippen molar-refractivity contribution in [2.75, 3.05) is 13.2 Å². The summed E-state index contributed by atoms with van der Waals surface area (Å²) in [6.07, 6.45) is 1.25. The summed E-state index contributed by atoms with van der Waals surface area (Å²) in [5.74, 6) is -3.17. The molecule has 0 atom stereocenters. The number of halogens is 6. The van der Waals surface area contributed by atoms with Gasteiger partial charge in [-0.25, -0.2) is 13.2 Å². The number of hydrogen-bond acceptors (Lipinski definition) is 3. The lowest BCUT2D eigenvalue weighted by atomic mass is 9.77. The van der Waals surface area contributed by atoms with Gasteiger partial charge in [-0.05, 0) is 73.4 Å². The Balaban J connectivity index is 1.18. The van der Waals surface area contributed by atoms with E-state index in [1.54, 1.807) is 24.3 Å². The highest BCUT2D eigenvalue weighted by Crippen LogP contribution is 2.44. The molecule has 0 radical (unpaired) electrons. The van der Waals surface area contributed by atoms with Crippen molar-refractivity contribution < 1.29 is 36.2 Å². The summed E-state index contributed by atoms with van der Waals surface area (Å²) in [7, 11) is 0. The van der Waals surface area contributed by atoms with Crippen LogP contribution in [0.4, 0.5) is 22.0 Å². The fraction of sp³-hybridized carbons (Fsp3) is 0.471. The molecule has 0 spiro atoms. The number of rotatable bonds is 10. The predicted molar refractivity (Wildman–Crippen MR) is 156 cm³/mol. The zero-order chi connectivity index (χ0) is 30.6. The molecule has 2 fully saturated rings.